The smallest absolute Gasteiger partial charge is 0.220 e. The maximum atomic E-state index is 13.5. The van der Waals surface area contributed by atoms with Crippen LogP contribution in [-0.2, 0) is 10.5 Å². The Hall–Kier alpha value is -1.89. The minimum atomic E-state index is -0.289. The number of hydrogen-bond donors (Lipinski definition) is 1. The Balaban J connectivity index is 1.36. The minimum Gasteiger partial charge on any atom is -0.345 e. The molecule has 0 bridgehead atoms. The molecule has 3 aromatic carbocycles. The molecule has 0 radical (unpaired) electrons. The lowest BCUT2D eigenvalue weighted by molar-refractivity contribution is -0.121. The molecule has 178 valence electrons. The highest BCUT2D eigenvalue weighted by atomic mass is 33.1. The van der Waals surface area contributed by atoms with Crippen LogP contribution in [0.2, 0.25) is 0 Å². The van der Waals surface area contributed by atoms with Gasteiger partial charge < -0.3 is 5.32 Å². The number of unbranched alkanes of at least 4 members (excludes halogenated alkanes) is 1. The summed E-state index contributed by atoms with van der Waals surface area (Å²) >= 11 is 1.79. The molecule has 1 saturated heterocycles. The van der Waals surface area contributed by atoms with Crippen molar-refractivity contribution in [2.75, 3.05) is 5.75 Å². The summed E-state index contributed by atoms with van der Waals surface area (Å²) in [5.74, 6) is 1.93. The maximum Gasteiger partial charge on any atom is 0.220 e. The molecule has 0 spiro atoms. The molecule has 1 N–H and O–H groups in total. The van der Waals surface area contributed by atoms with Gasteiger partial charge in [-0.2, -0.15) is 0 Å². The normalized spacial score (nSPS) is 16.3. The van der Waals surface area contributed by atoms with Gasteiger partial charge in [-0.3, -0.25) is 4.79 Å². The predicted molar refractivity (Wildman–Crippen MR) is 146 cm³/mol. The third-order valence-corrected chi connectivity index (χ3v) is 9.97. The zero-order chi connectivity index (χ0) is 23.6. The highest BCUT2D eigenvalue weighted by Gasteiger charge is 2.18. The summed E-state index contributed by atoms with van der Waals surface area (Å²) < 4.78 is 13.5. The zero-order valence-electron chi connectivity index (χ0n) is 19.1. The third kappa shape index (κ3) is 7.82. The fourth-order valence-corrected chi connectivity index (χ4v) is 7.85. The van der Waals surface area contributed by atoms with E-state index in [1.165, 1.54) is 41.2 Å². The average Bonchev–Trinajstić information content (AvgIpc) is 3.39. The highest BCUT2D eigenvalue weighted by molar-refractivity contribution is 8.77. The van der Waals surface area contributed by atoms with E-state index in [1.807, 2.05) is 27.7 Å². The van der Waals surface area contributed by atoms with Crippen LogP contribution in [0.3, 0.4) is 0 Å². The summed E-state index contributed by atoms with van der Waals surface area (Å²) in [6, 6.07) is 24.9. The average molecular weight is 512 g/mol. The Morgan fingerprint density at radius 2 is 1.68 bits per heavy atom. The van der Waals surface area contributed by atoms with Crippen molar-refractivity contribution in [1.82, 2.24) is 5.32 Å². The quantitative estimate of drug-likeness (QED) is 0.160. The molecule has 0 aromatic heterocycles. The van der Waals surface area contributed by atoms with E-state index in [1.54, 1.807) is 23.9 Å². The van der Waals surface area contributed by atoms with E-state index in [0.717, 1.165) is 35.0 Å². The van der Waals surface area contributed by atoms with Gasteiger partial charge in [0.25, 0.3) is 0 Å². The number of rotatable bonds is 11. The second-order valence-corrected chi connectivity index (χ2v) is 12.3. The number of benzene rings is 3. The number of amides is 1. The number of carbonyl (C=O) groups excluding carboxylic acids is 1. The monoisotopic (exact) mass is 511 g/mol. The second kappa shape index (κ2) is 13.3. The standard InChI is InChI=1S/C28H30FNOS3/c29-24-14-10-22(11-15-24)28(30-27(31)9-5-4-8-26-18-19-33-34-26)23-12-16-25(17-13-23)32-20-21-6-2-1-3-7-21/h1-3,6-7,10-17,26,28H,4-5,8-9,18-20H2,(H,30,31). The van der Waals surface area contributed by atoms with Gasteiger partial charge in [0.1, 0.15) is 5.82 Å². The molecule has 1 amide bonds. The van der Waals surface area contributed by atoms with Crippen molar-refractivity contribution >= 4 is 39.3 Å². The Morgan fingerprint density at radius 3 is 2.35 bits per heavy atom. The van der Waals surface area contributed by atoms with Gasteiger partial charge in [0.05, 0.1) is 6.04 Å². The van der Waals surface area contributed by atoms with Crippen molar-refractivity contribution < 1.29 is 9.18 Å². The van der Waals surface area contributed by atoms with Crippen molar-refractivity contribution in [1.29, 1.82) is 0 Å². The Labute approximate surface area is 214 Å². The number of halogens is 1. The number of carbonyl (C=O) groups is 1. The number of thioether (sulfide) groups is 1. The van der Waals surface area contributed by atoms with Crippen LogP contribution in [0.25, 0.3) is 0 Å². The molecule has 2 nitrogen and oxygen atoms in total. The molecule has 1 fully saturated rings. The van der Waals surface area contributed by atoms with Gasteiger partial charge in [0.2, 0.25) is 5.91 Å². The van der Waals surface area contributed by atoms with Crippen molar-refractivity contribution in [2.45, 2.75) is 54.0 Å². The Bertz CT molecular complexity index is 1020. The van der Waals surface area contributed by atoms with Crippen LogP contribution >= 0.6 is 33.3 Å². The second-order valence-electron chi connectivity index (χ2n) is 8.47. The summed E-state index contributed by atoms with van der Waals surface area (Å²) in [5.41, 5.74) is 3.18. The summed E-state index contributed by atoms with van der Waals surface area (Å²) in [6.07, 6.45) is 4.98. The summed E-state index contributed by atoms with van der Waals surface area (Å²) in [6.45, 7) is 0. The van der Waals surface area contributed by atoms with Crippen molar-refractivity contribution in [2.24, 2.45) is 0 Å². The summed E-state index contributed by atoms with van der Waals surface area (Å²) in [5, 5.41) is 3.95. The van der Waals surface area contributed by atoms with Crippen LogP contribution in [0.4, 0.5) is 4.39 Å². The van der Waals surface area contributed by atoms with E-state index in [0.29, 0.717) is 6.42 Å². The number of hydrogen-bond acceptors (Lipinski definition) is 4. The number of nitrogens with one attached hydrogen (secondary N) is 1. The van der Waals surface area contributed by atoms with Crippen molar-refractivity contribution in [3.63, 3.8) is 0 Å². The van der Waals surface area contributed by atoms with Gasteiger partial charge in [-0.1, -0.05) is 82.6 Å². The third-order valence-electron chi connectivity index (χ3n) is 5.88. The lowest BCUT2D eigenvalue weighted by Crippen LogP contribution is -2.29. The fraction of sp³-hybridized carbons (Fsp3) is 0.321. The summed E-state index contributed by atoms with van der Waals surface area (Å²) in [7, 11) is 3.96. The van der Waals surface area contributed by atoms with Crippen LogP contribution in [-0.4, -0.2) is 16.9 Å². The molecule has 1 aliphatic rings. The van der Waals surface area contributed by atoms with Gasteiger partial charge in [0.15, 0.2) is 0 Å². The van der Waals surface area contributed by atoms with Crippen molar-refractivity contribution in [3.05, 3.63) is 101 Å². The molecule has 4 rings (SSSR count). The van der Waals surface area contributed by atoms with Gasteiger partial charge in [-0.05, 0) is 60.2 Å². The van der Waals surface area contributed by atoms with E-state index >= 15 is 0 Å². The van der Waals surface area contributed by atoms with E-state index < -0.39 is 0 Å². The first-order valence-electron chi connectivity index (χ1n) is 11.8. The first-order chi connectivity index (χ1) is 16.7. The minimum absolute atomic E-state index is 0.0466. The maximum absolute atomic E-state index is 13.5. The highest BCUT2D eigenvalue weighted by Crippen LogP contribution is 2.40. The molecule has 0 aliphatic carbocycles. The topological polar surface area (TPSA) is 29.1 Å². The van der Waals surface area contributed by atoms with Crippen LogP contribution < -0.4 is 5.32 Å². The van der Waals surface area contributed by atoms with Gasteiger partial charge in [0, 0.05) is 28.1 Å². The molecular formula is C28H30FNOS3. The fourth-order valence-electron chi connectivity index (χ4n) is 3.97. The van der Waals surface area contributed by atoms with Crippen LogP contribution in [0.1, 0.15) is 54.8 Å². The summed E-state index contributed by atoms with van der Waals surface area (Å²) in [4.78, 5) is 14.0. The lowest BCUT2D eigenvalue weighted by atomic mass is 9.98. The Kier molecular flexibility index (Phi) is 9.84. The van der Waals surface area contributed by atoms with Crippen LogP contribution in [0.5, 0.6) is 0 Å². The van der Waals surface area contributed by atoms with E-state index in [9.17, 15) is 9.18 Å². The van der Waals surface area contributed by atoms with E-state index in [-0.39, 0.29) is 17.8 Å². The van der Waals surface area contributed by atoms with E-state index in [4.69, 9.17) is 0 Å². The van der Waals surface area contributed by atoms with Crippen LogP contribution in [0, 0.1) is 5.82 Å². The molecule has 1 heterocycles. The molecule has 2 unspecified atom stereocenters. The van der Waals surface area contributed by atoms with Crippen LogP contribution in [0.15, 0.2) is 83.8 Å². The van der Waals surface area contributed by atoms with E-state index in [2.05, 4.69) is 53.8 Å². The predicted octanol–water partition coefficient (Wildman–Crippen LogP) is 8.04. The zero-order valence-corrected chi connectivity index (χ0v) is 21.6. The molecular weight excluding hydrogens is 482 g/mol. The van der Waals surface area contributed by atoms with Gasteiger partial charge in [-0.25, -0.2) is 4.39 Å². The molecule has 34 heavy (non-hydrogen) atoms. The first-order valence-corrected chi connectivity index (χ1v) is 15.1. The molecule has 0 saturated carbocycles. The molecule has 1 aliphatic heterocycles. The molecule has 3 aromatic rings. The Morgan fingerprint density at radius 1 is 0.971 bits per heavy atom. The molecule has 2 atom stereocenters. The van der Waals surface area contributed by atoms with Gasteiger partial charge >= 0.3 is 0 Å². The molecule has 6 heteroatoms. The van der Waals surface area contributed by atoms with Crippen molar-refractivity contribution in [3.8, 4) is 0 Å². The first kappa shape index (κ1) is 25.2. The van der Waals surface area contributed by atoms with Gasteiger partial charge in [-0.15, -0.1) is 11.8 Å². The largest absolute Gasteiger partial charge is 0.345 e. The lowest BCUT2D eigenvalue weighted by Gasteiger charge is -2.20. The SMILES string of the molecule is O=C(CCCCC1CCSS1)NC(c1ccc(F)cc1)c1ccc(SCc2ccccc2)cc1.